The van der Waals surface area contributed by atoms with Crippen molar-refractivity contribution in [2.45, 2.75) is 0 Å². The van der Waals surface area contributed by atoms with Gasteiger partial charge in [-0.05, 0) is 23.8 Å². The molecule has 0 bridgehead atoms. The Kier molecular flexibility index (Phi) is 3.69. The monoisotopic (exact) mass is 344 g/mol. The zero-order chi connectivity index (χ0) is 18.3. The van der Waals surface area contributed by atoms with Crippen molar-refractivity contribution in [2.75, 3.05) is 12.8 Å². The number of nitrogens with one attached hydrogen (secondary N) is 1. The summed E-state index contributed by atoms with van der Waals surface area (Å²) >= 11 is 0. The molecule has 0 radical (unpaired) electrons. The van der Waals surface area contributed by atoms with Crippen molar-refractivity contribution in [3.05, 3.63) is 71.6 Å². The number of carbonyl (C=O) groups excluding carboxylic acids is 1. The van der Waals surface area contributed by atoms with Crippen molar-refractivity contribution in [3.63, 3.8) is 0 Å². The summed E-state index contributed by atoms with van der Waals surface area (Å²) in [6, 6.07) is 18.0. The molecule has 26 heavy (non-hydrogen) atoms. The average Bonchev–Trinajstić information content (AvgIpc) is 2.65. The van der Waals surface area contributed by atoms with Crippen molar-refractivity contribution in [2.24, 2.45) is 0 Å². The third-order valence-corrected chi connectivity index (χ3v) is 4.35. The SMILES string of the molecule is COC(=O)c1ccccc1-c1c2c(=N)cc(N)cc-2oc2ccccc12. The Morgan fingerprint density at radius 1 is 1.04 bits per heavy atom. The van der Waals surface area contributed by atoms with Crippen molar-refractivity contribution in [1.29, 1.82) is 5.41 Å². The molecule has 2 aromatic rings. The van der Waals surface area contributed by atoms with Gasteiger partial charge in [0.15, 0.2) is 0 Å². The lowest BCUT2D eigenvalue weighted by Gasteiger charge is -2.17. The fourth-order valence-corrected chi connectivity index (χ4v) is 3.26. The second kappa shape index (κ2) is 6.04. The van der Waals surface area contributed by atoms with Gasteiger partial charge in [0.2, 0.25) is 0 Å². The molecule has 0 fully saturated rings. The third-order valence-electron chi connectivity index (χ3n) is 4.35. The fourth-order valence-electron chi connectivity index (χ4n) is 3.26. The average molecular weight is 344 g/mol. The molecule has 128 valence electrons. The van der Waals surface area contributed by atoms with Gasteiger partial charge in [-0.3, -0.25) is 0 Å². The van der Waals surface area contributed by atoms with Gasteiger partial charge < -0.3 is 20.3 Å². The van der Waals surface area contributed by atoms with E-state index in [9.17, 15) is 4.79 Å². The van der Waals surface area contributed by atoms with Crippen LogP contribution in [0, 0.1) is 5.41 Å². The topological polar surface area (TPSA) is 89.3 Å². The van der Waals surface area contributed by atoms with Crippen molar-refractivity contribution < 1.29 is 13.9 Å². The predicted molar refractivity (Wildman–Crippen MR) is 99.9 cm³/mol. The molecule has 0 saturated heterocycles. The predicted octanol–water partition coefficient (Wildman–Crippen LogP) is 4.05. The number of ether oxygens (including phenoxy) is 1. The summed E-state index contributed by atoms with van der Waals surface area (Å²) in [7, 11) is 1.35. The summed E-state index contributed by atoms with van der Waals surface area (Å²) in [4.78, 5) is 12.3. The Bertz CT molecular complexity index is 1180. The van der Waals surface area contributed by atoms with Gasteiger partial charge in [-0.15, -0.1) is 0 Å². The van der Waals surface area contributed by atoms with Gasteiger partial charge in [0.1, 0.15) is 11.3 Å². The molecule has 0 unspecified atom stereocenters. The zero-order valence-corrected chi connectivity index (χ0v) is 14.1. The Labute approximate surface area is 149 Å². The lowest BCUT2D eigenvalue weighted by molar-refractivity contribution is 0.0601. The highest BCUT2D eigenvalue weighted by molar-refractivity contribution is 6.07. The molecule has 5 heteroatoms. The van der Waals surface area contributed by atoms with Gasteiger partial charge in [0, 0.05) is 22.7 Å². The van der Waals surface area contributed by atoms with Crippen LogP contribution in [0.15, 0.2) is 65.1 Å². The van der Waals surface area contributed by atoms with Crippen LogP contribution in [0.2, 0.25) is 0 Å². The normalized spacial score (nSPS) is 11.0. The maximum absolute atomic E-state index is 12.3. The largest absolute Gasteiger partial charge is 0.465 e. The van der Waals surface area contributed by atoms with E-state index >= 15 is 0 Å². The second-order valence-corrected chi connectivity index (χ2v) is 5.95. The van der Waals surface area contributed by atoms with Crippen LogP contribution < -0.4 is 11.1 Å². The van der Waals surface area contributed by atoms with Crippen molar-refractivity contribution in [1.82, 2.24) is 0 Å². The van der Waals surface area contributed by atoms with Gasteiger partial charge in [0.05, 0.1) is 23.6 Å². The molecule has 0 aromatic heterocycles. The van der Waals surface area contributed by atoms with E-state index in [0.29, 0.717) is 33.7 Å². The van der Waals surface area contributed by atoms with Crippen LogP contribution in [0.1, 0.15) is 10.4 Å². The quantitative estimate of drug-likeness (QED) is 0.326. The van der Waals surface area contributed by atoms with Crippen LogP contribution in [0.5, 0.6) is 0 Å². The number of nitrogens with two attached hydrogens (primary N) is 1. The van der Waals surface area contributed by atoms with Crippen LogP contribution in [0.4, 0.5) is 5.69 Å². The number of para-hydroxylation sites is 1. The first-order valence-electron chi connectivity index (χ1n) is 8.07. The third kappa shape index (κ3) is 2.41. The summed E-state index contributed by atoms with van der Waals surface area (Å²) < 4.78 is 10.9. The van der Waals surface area contributed by atoms with Crippen molar-refractivity contribution in [3.8, 4) is 22.5 Å². The molecular weight excluding hydrogens is 328 g/mol. The number of fused-ring (bicyclic) bond motifs is 2. The Morgan fingerprint density at radius 2 is 1.77 bits per heavy atom. The lowest BCUT2D eigenvalue weighted by Crippen LogP contribution is -2.10. The maximum atomic E-state index is 12.3. The first kappa shape index (κ1) is 15.9. The minimum absolute atomic E-state index is 0.240. The molecule has 0 atom stereocenters. The molecule has 2 aromatic carbocycles. The molecule has 2 aliphatic rings. The number of benzene rings is 3. The number of anilines is 1. The summed E-state index contributed by atoms with van der Waals surface area (Å²) in [5.74, 6) is 0.0731. The van der Waals surface area contributed by atoms with Gasteiger partial charge in [-0.2, -0.15) is 0 Å². The molecule has 0 saturated carbocycles. The lowest BCUT2D eigenvalue weighted by atomic mass is 9.90. The van der Waals surface area contributed by atoms with Crippen LogP contribution in [0.3, 0.4) is 0 Å². The van der Waals surface area contributed by atoms with E-state index in [1.807, 2.05) is 36.4 Å². The molecule has 5 nitrogen and oxygen atoms in total. The van der Waals surface area contributed by atoms with E-state index in [-0.39, 0.29) is 5.36 Å². The molecule has 1 aliphatic carbocycles. The minimum atomic E-state index is -0.430. The Hall–Kier alpha value is -3.60. The molecule has 0 amide bonds. The number of rotatable bonds is 2. The first-order chi connectivity index (χ1) is 12.6. The number of esters is 1. The number of hydrogen-bond acceptors (Lipinski definition) is 5. The van der Waals surface area contributed by atoms with Crippen LogP contribution in [-0.2, 0) is 4.74 Å². The fraction of sp³-hybridized carbons (Fsp3) is 0.0476. The maximum Gasteiger partial charge on any atom is 0.338 e. The Balaban J connectivity index is 2.22. The van der Waals surface area contributed by atoms with Gasteiger partial charge in [-0.25, -0.2) is 4.79 Å². The molecule has 3 N–H and O–H groups in total. The van der Waals surface area contributed by atoms with E-state index in [1.165, 1.54) is 7.11 Å². The van der Waals surface area contributed by atoms with E-state index in [1.54, 1.807) is 24.3 Å². The summed E-state index contributed by atoms with van der Waals surface area (Å²) in [6.45, 7) is 0. The van der Waals surface area contributed by atoms with E-state index < -0.39 is 5.97 Å². The highest BCUT2D eigenvalue weighted by Crippen LogP contribution is 2.40. The minimum Gasteiger partial charge on any atom is -0.465 e. The van der Waals surface area contributed by atoms with Gasteiger partial charge in [-0.1, -0.05) is 36.4 Å². The van der Waals surface area contributed by atoms with Crippen LogP contribution in [-0.4, -0.2) is 13.1 Å². The molecule has 4 rings (SSSR count). The highest BCUT2D eigenvalue weighted by atomic mass is 16.5. The molecular formula is C21H16N2O3. The van der Waals surface area contributed by atoms with Crippen molar-refractivity contribution >= 4 is 22.6 Å². The zero-order valence-electron chi connectivity index (χ0n) is 14.1. The molecule has 1 aliphatic heterocycles. The van der Waals surface area contributed by atoms with Gasteiger partial charge in [0.25, 0.3) is 0 Å². The summed E-state index contributed by atoms with van der Waals surface area (Å²) in [6.07, 6.45) is 0. The van der Waals surface area contributed by atoms with E-state index in [0.717, 1.165) is 10.9 Å². The van der Waals surface area contributed by atoms with Gasteiger partial charge >= 0.3 is 5.97 Å². The standard InChI is InChI=1S/C21H16N2O3/c1-25-21(24)14-7-3-2-6-13(14)19-15-8-4-5-9-17(15)26-18-11-12(22)10-16(23)20(18)19/h2-11,23H,22H2,1H3. The highest BCUT2D eigenvalue weighted by Gasteiger charge is 2.22. The second-order valence-electron chi connectivity index (χ2n) is 5.95. The first-order valence-corrected chi connectivity index (χ1v) is 8.07. The number of hydrogen-bond donors (Lipinski definition) is 2. The number of methoxy groups -OCH3 is 1. The van der Waals surface area contributed by atoms with Crippen LogP contribution in [0.25, 0.3) is 33.4 Å². The van der Waals surface area contributed by atoms with E-state index in [2.05, 4.69) is 0 Å². The number of carbonyl (C=O) groups is 1. The summed E-state index contributed by atoms with van der Waals surface area (Å²) in [5, 5.41) is 9.49. The molecule has 0 spiro atoms. The smallest absolute Gasteiger partial charge is 0.338 e. The van der Waals surface area contributed by atoms with Crippen LogP contribution >= 0.6 is 0 Å². The Morgan fingerprint density at radius 3 is 2.58 bits per heavy atom. The number of nitrogen functional groups attached to an aromatic ring is 1. The summed E-state index contributed by atoms with van der Waals surface area (Å²) in [5.41, 5.74) is 9.49. The molecule has 1 heterocycles. The van der Waals surface area contributed by atoms with E-state index in [4.69, 9.17) is 20.3 Å².